The molecule has 37 heavy (non-hydrogen) atoms. The van der Waals surface area contributed by atoms with Crippen molar-refractivity contribution in [1.82, 2.24) is 20.2 Å². The molecule has 0 bridgehead atoms. The van der Waals surface area contributed by atoms with Crippen molar-refractivity contribution < 1.29 is 9.90 Å². The number of hydrogen-bond acceptors (Lipinski definition) is 7. The van der Waals surface area contributed by atoms with Gasteiger partial charge in [-0.25, -0.2) is 9.97 Å². The minimum absolute atomic E-state index is 0. The number of aliphatic hydroxyl groups is 1. The van der Waals surface area contributed by atoms with Crippen LogP contribution in [-0.2, 0) is 0 Å². The van der Waals surface area contributed by atoms with Crippen LogP contribution in [-0.4, -0.2) is 64.7 Å². The van der Waals surface area contributed by atoms with E-state index < -0.39 is 0 Å². The average Bonchev–Trinajstić information content (AvgIpc) is 3.55. The van der Waals surface area contributed by atoms with Crippen molar-refractivity contribution in [3.8, 4) is 10.6 Å². The molecule has 3 N–H and O–H groups in total. The second-order valence-corrected chi connectivity index (χ2v) is 11.6. The third-order valence-corrected chi connectivity index (χ3v) is 8.71. The summed E-state index contributed by atoms with van der Waals surface area (Å²) < 4.78 is 1.02. The van der Waals surface area contributed by atoms with E-state index in [0.717, 1.165) is 53.7 Å². The summed E-state index contributed by atoms with van der Waals surface area (Å²) in [4.78, 5) is 24.9. The number of anilines is 1. The first-order valence-electron chi connectivity index (χ1n) is 12.3. The molecule has 1 aliphatic heterocycles. The molecule has 3 aromatic rings. The van der Waals surface area contributed by atoms with Gasteiger partial charge in [-0.05, 0) is 75.9 Å². The summed E-state index contributed by atoms with van der Waals surface area (Å²) in [5, 5.41) is 18.5. The van der Waals surface area contributed by atoms with Crippen molar-refractivity contribution in [1.29, 1.82) is 0 Å². The van der Waals surface area contributed by atoms with Gasteiger partial charge < -0.3 is 20.6 Å². The van der Waals surface area contributed by atoms with Crippen molar-refractivity contribution in [2.24, 2.45) is 5.41 Å². The molecule has 1 amide bonds. The highest BCUT2D eigenvalue weighted by molar-refractivity contribution is 7.22. The van der Waals surface area contributed by atoms with Crippen LogP contribution < -0.4 is 10.6 Å². The van der Waals surface area contributed by atoms with E-state index in [2.05, 4.69) is 39.5 Å². The van der Waals surface area contributed by atoms with Gasteiger partial charge in [0.1, 0.15) is 5.69 Å². The largest absolute Gasteiger partial charge is 0.392 e. The minimum atomic E-state index is -0.377. The molecule has 2 fully saturated rings. The minimum Gasteiger partial charge on any atom is -0.392 e. The lowest BCUT2D eigenvalue weighted by Gasteiger charge is -2.41. The summed E-state index contributed by atoms with van der Waals surface area (Å²) >= 11 is 8.04. The summed E-state index contributed by atoms with van der Waals surface area (Å²) in [6.45, 7) is 4.79. The van der Waals surface area contributed by atoms with Crippen LogP contribution in [0.25, 0.3) is 20.7 Å². The molecule has 3 heterocycles. The first-order chi connectivity index (χ1) is 16.8. The number of benzene rings is 1. The van der Waals surface area contributed by atoms with Gasteiger partial charge in [0.15, 0.2) is 0 Å². The molecule has 1 saturated heterocycles. The quantitative estimate of drug-likeness (QED) is 0.316. The number of aromatic nitrogens is 2. The SMILES string of the molecule is CN1CCC(C)(C(O)CCNc2ncc(Cl)c(-c3cc4c(C(=O)NC5CC5)cccc4s3)n2)CC1.Cl.Cl. The van der Waals surface area contributed by atoms with E-state index in [0.29, 0.717) is 41.2 Å². The second kappa shape index (κ2) is 12.5. The Hall–Kier alpha value is -1.68. The van der Waals surface area contributed by atoms with Crippen molar-refractivity contribution in [2.45, 2.75) is 51.2 Å². The number of nitrogens with one attached hydrogen (secondary N) is 2. The molecular weight excluding hydrogens is 553 g/mol. The number of carbonyl (C=O) groups is 1. The first kappa shape index (κ1) is 29.9. The van der Waals surface area contributed by atoms with Gasteiger partial charge in [0.25, 0.3) is 5.91 Å². The zero-order valence-electron chi connectivity index (χ0n) is 21.0. The van der Waals surface area contributed by atoms with Crippen LogP contribution in [0.1, 0.15) is 49.4 Å². The Kier molecular flexibility index (Phi) is 10.1. The number of fused-ring (bicyclic) bond motifs is 1. The monoisotopic (exact) mass is 585 g/mol. The molecule has 1 aromatic carbocycles. The van der Waals surface area contributed by atoms with Crippen molar-refractivity contribution >= 4 is 69.7 Å². The number of nitrogens with zero attached hydrogens (tertiary/aromatic N) is 3. The Morgan fingerprint density at radius 1 is 1.30 bits per heavy atom. The Labute approximate surface area is 239 Å². The number of hydrogen-bond donors (Lipinski definition) is 3. The van der Waals surface area contributed by atoms with E-state index >= 15 is 0 Å². The molecule has 7 nitrogen and oxygen atoms in total. The van der Waals surface area contributed by atoms with Crippen LogP contribution >= 0.6 is 47.8 Å². The number of thiophene rings is 1. The van der Waals surface area contributed by atoms with Crippen LogP contribution in [0.3, 0.4) is 0 Å². The highest BCUT2D eigenvalue weighted by Gasteiger charge is 2.35. The van der Waals surface area contributed by atoms with Gasteiger partial charge in [-0.2, -0.15) is 0 Å². The maximum atomic E-state index is 12.7. The third-order valence-electron chi connectivity index (χ3n) is 7.33. The summed E-state index contributed by atoms with van der Waals surface area (Å²) in [6, 6.07) is 8.08. The van der Waals surface area contributed by atoms with Gasteiger partial charge in [-0.1, -0.05) is 24.6 Å². The van der Waals surface area contributed by atoms with Gasteiger partial charge in [-0.3, -0.25) is 4.79 Å². The van der Waals surface area contributed by atoms with Crippen molar-refractivity contribution in [3.05, 3.63) is 41.0 Å². The normalized spacial score (nSPS) is 17.9. The fourth-order valence-corrected chi connectivity index (χ4v) is 5.96. The molecule has 1 saturated carbocycles. The molecule has 1 aliphatic carbocycles. The van der Waals surface area contributed by atoms with Gasteiger partial charge in [0, 0.05) is 28.2 Å². The molecule has 5 rings (SSSR count). The van der Waals surface area contributed by atoms with Crippen LogP contribution in [0, 0.1) is 5.41 Å². The van der Waals surface area contributed by atoms with Crippen LogP contribution in [0.15, 0.2) is 30.5 Å². The molecular formula is C26H34Cl3N5O2S. The maximum absolute atomic E-state index is 12.7. The number of piperidine rings is 1. The lowest BCUT2D eigenvalue weighted by atomic mass is 9.74. The summed E-state index contributed by atoms with van der Waals surface area (Å²) in [7, 11) is 2.13. The zero-order valence-corrected chi connectivity index (χ0v) is 24.2. The molecule has 0 spiro atoms. The van der Waals surface area contributed by atoms with E-state index in [4.69, 9.17) is 11.6 Å². The number of aliphatic hydroxyl groups excluding tert-OH is 1. The number of likely N-dealkylation sites (tertiary alicyclic amines) is 1. The zero-order chi connectivity index (χ0) is 24.6. The van der Waals surface area contributed by atoms with Crippen molar-refractivity contribution in [3.63, 3.8) is 0 Å². The molecule has 1 unspecified atom stereocenters. The summed E-state index contributed by atoms with van der Waals surface area (Å²) in [5.41, 5.74) is 1.26. The third kappa shape index (κ3) is 6.85. The molecule has 1 atom stereocenters. The van der Waals surface area contributed by atoms with Crippen LogP contribution in [0.5, 0.6) is 0 Å². The second-order valence-electron chi connectivity index (χ2n) is 10.2. The highest BCUT2D eigenvalue weighted by Crippen LogP contribution is 2.38. The van der Waals surface area contributed by atoms with E-state index in [1.165, 1.54) is 0 Å². The van der Waals surface area contributed by atoms with E-state index in [1.807, 2.05) is 24.3 Å². The predicted molar refractivity (Wildman–Crippen MR) is 157 cm³/mol. The standard InChI is InChI=1S/C26H32ClN5O2S.2ClH/c1-26(9-12-32(2)13-10-26)22(33)8-11-28-25-29-15-19(27)23(31-25)21-14-18-17(4-3-5-20(18)35-21)24(34)30-16-6-7-16;;/h3-5,14-16,22,33H,6-13H2,1-2H3,(H,30,34)(H,28,29,31);2*1H. The molecule has 2 aromatic heterocycles. The molecule has 0 radical (unpaired) electrons. The summed E-state index contributed by atoms with van der Waals surface area (Å²) in [5.74, 6) is 0.449. The van der Waals surface area contributed by atoms with Crippen molar-refractivity contribution in [2.75, 3.05) is 32.0 Å². The Bertz CT molecular complexity index is 1230. The molecule has 202 valence electrons. The Morgan fingerprint density at radius 2 is 2.03 bits per heavy atom. The topological polar surface area (TPSA) is 90.4 Å². The number of halogens is 3. The van der Waals surface area contributed by atoms with E-state index in [1.54, 1.807) is 17.5 Å². The first-order valence-corrected chi connectivity index (χ1v) is 13.5. The van der Waals surface area contributed by atoms with Crippen LogP contribution in [0.4, 0.5) is 5.95 Å². The predicted octanol–water partition coefficient (Wildman–Crippen LogP) is 5.64. The fraction of sp³-hybridized carbons (Fsp3) is 0.500. The fourth-order valence-electron chi connectivity index (χ4n) is 4.62. The number of rotatable bonds is 8. The Balaban J connectivity index is 0.00000190. The molecule has 11 heteroatoms. The van der Waals surface area contributed by atoms with Crippen LogP contribution in [0.2, 0.25) is 5.02 Å². The number of amides is 1. The maximum Gasteiger partial charge on any atom is 0.252 e. The number of carbonyl (C=O) groups excluding carboxylic acids is 1. The van der Waals surface area contributed by atoms with Gasteiger partial charge in [-0.15, -0.1) is 36.2 Å². The average molecular weight is 587 g/mol. The lowest BCUT2D eigenvalue weighted by Crippen LogP contribution is -2.43. The van der Waals surface area contributed by atoms with Gasteiger partial charge in [0.2, 0.25) is 5.95 Å². The Morgan fingerprint density at radius 3 is 2.73 bits per heavy atom. The summed E-state index contributed by atoms with van der Waals surface area (Å²) in [6.07, 6.45) is 5.96. The lowest BCUT2D eigenvalue weighted by molar-refractivity contribution is -0.00903. The van der Waals surface area contributed by atoms with E-state index in [9.17, 15) is 9.90 Å². The van der Waals surface area contributed by atoms with Gasteiger partial charge >= 0.3 is 0 Å². The van der Waals surface area contributed by atoms with E-state index in [-0.39, 0.29) is 42.2 Å². The highest BCUT2D eigenvalue weighted by atomic mass is 35.5. The molecule has 2 aliphatic rings. The smallest absolute Gasteiger partial charge is 0.252 e. The van der Waals surface area contributed by atoms with Gasteiger partial charge in [0.05, 0.1) is 22.2 Å².